The molecule has 10 heteroatoms. The molecule has 0 radical (unpaired) electrons. The van der Waals surface area contributed by atoms with Gasteiger partial charge in [-0.2, -0.15) is 18.3 Å². The molecule has 0 unspecified atom stereocenters. The van der Waals surface area contributed by atoms with Crippen LogP contribution in [-0.2, 0) is 17.5 Å². The minimum Gasteiger partial charge on any atom is -0.486 e. The van der Waals surface area contributed by atoms with Crippen LogP contribution in [0, 0.1) is 0 Å². The topological polar surface area (TPSA) is 82.5 Å². The highest BCUT2D eigenvalue weighted by Crippen LogP contribution is 2.34. The minimum absolute atomic E-state index is 0.0316. The van der Waals surface area contributed by atoms with Crippen molar-refractivity contribution in [3.05, 3.63) is 70.5 Å². The summed E-state index contributed by atoms with van der Waals surface area (Å²) < 4.78 is 50.4. The number of alkyl halides is 3. The molecule has 4 rings (SSSR count). The Bertz CT molecular complexity index is 1190. The average Bonchev–Trinajstić information content (AvgIpc) is 2.74. The van der Waals surface area contributed by atoms with Gasteiger partial charge in [0.1, 0.15) is 19.8 Å². The third-order valence-electron chi connectivity index (χ3n) is 4.47. The van der Waals surface area contributed by atoms with E-state index in [-0.39, 0.29) is 5.69 Å². The fourth-order valence-corrected chi connectivity index (χ4v) is 3.03. The normalized spacial score (nSPS) is 13.0. The van der Waals surface area contributed by atoms with Gasteiger partial charge in [0.25, 0.3) is 5.56 Å². The van der Waals surface area contributed by atoms with E-state index in [1.54, 1.807) is 18.2 Å². The van der Waals surface area contributed by atoms with E-state index in [4.69, 9.17) is 9.47 Å². The van der Waals surface area contributed by atoms with Crippen LogP contribution in [0.4, 0.5) is 18.9 Å². The number of benzene rings is 2. The smallest absolute Gasteiger partial charge is 0.416 e. The predicted molar refractivity (Wildman–Crippen MR) is 105 cm³/mol. The summed E-state index contributed by atoms with van der Waals surface area (Å²) in [6, 6.07) is 12.2. The molecule has 1 aromatic heterocycles. The van der Waals surface area contributed by atoms with Crippen molar-refractivity contribution in [1.29, 1.82) is 0 Å². The number of nitrogens with zero attached hydrogens (tertiary/aromatic N) is 2. The minimum atomic E-state index is -4.53. The predicted octanol–water partition coefficient (Wildman–Crippen LogP) is 3.34. The second-order valence-corrected chi connectivity index (χ2v) is 6.70. The lowest BCUT2D eigenvalue weighted by atomic mass is 10.1. The van der Waals surface area contributed by atoms with Gasteiger partial charge < -0.3 is 14.8 Å². The van der Waals surface area contributed by atoms with Crippen molar-refractivity contribution in [3.8, 4) is 22.8 Å². The van der Waals surface area contributed by atoms with Gasteiger partial charge >= 0.3 is 6.18 Å². The number of amides is 1. The summed E-state index contributed by atoms with van der Waals surface area (Å²) in [6.07, 6.45) is -4.53. The van der Waals surface area contributed by atoms with Crippen LogP contribution >= 0.6 is 0 Å². The van der Waals surface area contributed by atoms with E-state index in [2.05, 4.69) is 10.4 Å². The first kappa shape index (κ1) is 20.5. The molecule has 1 amide bonds. The van der Waals surface area contributed by atoms with Gasteiger partial charge in [0.2, 0.25) is 5.91 Å². The first-order valence-corrected chi connectivity index (χ1v) is 9.25. The zero-order valence-corrected chi connectivity index (χ0v) is 16.0. The van der Waals surface area contributed by atoms with Crippen LogP contribution in [-0.4, -0.2) is 28.9 Å². The molecular weight excluding hydrogens is 415 g/mol. The van der Waals surface area contributed by atoms with Crippen molar-refractivity contribution in [2.45, 2.75) is 12.7 Å². The molecule has 0 bridgehead atoms. The molecule has 0 saturated carbocycles. The SMILES string of the molecule is O=C(Cn1nc(-c2ccc3c(c2)OCCO3)ccc1=O)Nc1cccc(C(F)(F)F)c1. The molecule has 0 aliphatic carbocycles. The summed E-state index contributed by atoms with van der Waals surface area (Å²) in [5.41, 5.74) is -0.378. The maximum absolute atomic E-state index is 12.8. The molecule has 0 fully saturated rings. The highest BCUT2D eigenvalue weighted by Gasteiger charge is 2.30. The van der Waals surface area contributed by atoms with Gasteiger partial charge in [0, 0.05) is 17.3 Å². The number of carbonyl (C=O) groups excluding carboxylic acids is 1. The molecular formula is C21H16F3N3O4. The zero-order chi connectivity index (χ0) is 22.0. The highest BCUT2D eigenvalue weighted by molar-refractivity contribution is 5.90. The van der Waals surface area contributed by atoms with Crippen LogP contribution in [0.5, 0.6) is 11.5 Å². The van der Waals surface area contributed by atoms with Crippen molar-refractivity contribution < 1.29 is 27.4 Å². The summed E-state index contributed by atoms with van der Waals surface area (Å²) in [5, 5.41) is 6.55. The van der Waals surface area contributed by atoms with E-state index >= 15 is 0 Å². The molecule has 2 aromatic carbocycles. The van der Waals surface area contributed by atoms with Crippen LogP contribution in [0.25, 0.3) is 11.3 Å². The number of aromatic nitrogens is 2. The van der Waals surface area contributed by atoms with E-state index in [0.29, 0.717) is 36.0 Å². The summed E-state index contributed by atoms with van der Waals surface area (Å²) in [6.45, 7) is 0.406. The van der Waals surface area contributed by atoms with Gasteiger partial charge in [-0.15, -0.1) is 0 Å². The largest absolute Gasteiger partial charge is 0.486 e. The van der Waals surface area contributed by atoms with Gasteiger partial charge in [-0.3, -0.25) is 9.59 Å². The van der Waals surface area contributed by atoms with Gasteiger partial charge in [-0.05, 0) is 42.5 Å². The molecule has 31 heavy (non-hydrogen) atoms. The maximum Gasteiger partial charge on any atom is 0.416 e. The lowest BCUT2D eigenvalue weighted by Gasteiger charge is -2.18. The first-order valence-electron chi connectivity index (χ1n) is 9.25. The Morgan fingerprint density at radius 1 is 1.03 bits per heavy atom. The van der Waals surface area contributed by atoms with Crippen molar-refractivity contribution in [1.82, 2.24) is 9.78 Å². The number of hydrogen-bond acceptors (Lipinski definition) is 5. The van der Waals surface area contributed by atoms with Crippen molar-refractivity contribution in [3.63, 3.8) is 0 Å². The van der Waals surface area contributed by atoms with Gasteiger partial charge in [-0.25, -0.2) is 4.68 Å². The molecule has 0 saturated heterocycles. The van der Waals surface area contributed by atoms with Crippen LogP contribution in [0.3, 0.4) is 0 Å². The number of hydrogen-bond donors (Lipinski definition) is 1. The third kappa shape index (κ3) is 4.68. The monoisotopic (exact) mass is 431 g/mol. The first-order chi connectivity index (χ1) is 14.8. The summed E-state index contributed by atoms with van der Waals surface area (Å²) in [4.78, 5) is 24.4. The second kappa shape index (κ2) is 8.13. The van der Waals surface area contributed by atoms with Crippen LogP contribution in [0.2, 0.25) is 0 Å². The van der Waals surface area contributed by atoms with E-state index in [1.807, 2.05) is 0 Å². The molecule has 2 heterocycles. The standard InChI is InChI=1S/C21H16F3N3O4/c22-21(23,24)14-2-1-3-15(11-14)25-19(28)12-27-20(29)7-5-16(26-27)13-4-6-17-18(10-13)31-9-8-30-17/h1-7,10-11H,8-9,12H2,(H,25,28). The summed E-state index contributed by atoms with van der Waals surface area (Å²) in [5.74, 6) is 0.461. The van der Waals surface area contributed by atoms with E-state index < -0.39 is 29.8 Å². The van der Waals surface area contributed by atoms with Crippen LogP contribution in [0.15, 0.2) is 59.4 Å². The Morgan fingerprint density at radius 2 is 1.81 bits per heavy atom. The molecule has 0 atom stereocenters. The fourth-order valence-electron chi connectivity index (χ4n) is 3.03. The molecule has 1 N–H and O–H groups in total. The lowest BCUT2D eigenvalue weighted by molar-refractivity contribution is -0.137. The van der Waals surface area contributed by atoms with E-state index in [9.17, 15) is 22.8 Å². The van der Waals surface area contributed by atoms with E-state index in [0.717, 1.165) is 16.8 Å². The van der Waals surface area contributed by atoms with Crippen LogP contribution in [0.1, 0.15) is 5.56 Å². The summed E-state index contributed by atoms with van der Waals surface area (Å²) in [7, 11) is 0. The number of anilines is 1. The van der Waals surface area contributed by atoms with Crippen molar-refractivity contribution >= 4 is 11.6 Å². The number of fused-ring (bicyclic) bond motifs is 1. The highest BCUT2D eigenvalue weighted by atomic mass is 19.4. The third-order valence-corrected chi connectivity index (χ3v) is 4.47. The quantitative estimate of drug-likeness (QED) is 0.685. The number of halogens is 3. The molecule has 1 aliphatic rings. The second-order valence-electron chi connectivity index (χ2n) is 6.70. The number of nitrogens with one attached hydrogen (secondary N) is 1. The van der Waals surface area contributed by atoms with Gasteiger partial charge in [0.15, 0.2) is 11.5 Å². The lowest BCUT2D eigenvalue weighted by Crippen LogP contribution is -2.29. The Hall–Kier alpha value is -3.82. The van der Waals surface area contributed by atoms with Crippen molar-refractivity contribution in [2.75, 3.05) is 18.5 Å². The fraction of sp³-hybridized carbons (Fsp3) is 0.190. The Balaban J connectivity index is 1.53. The van der Waals surface area contributed by atoms with Gasteiger partial charge in [-0.1, -0.05) is 6.07 Å². The zero-order valence-electron chi connectivity index (χ0n) is 16.0. The number of ether oxygens (including phenoxy) is 2. The van der Waals surface area contributed by atoms with Gasteiger partial charge in [0.05, 0.1) is 11.3 Å². The Kier molecular flexibility index (Phi) is 5.37. The number of rotatable bonds is 4. The maximum atomic E-state index is 12.8. The Morgan fingerprint density at radius 3 is 2.58 bits per heavy atom. The molecule has 1 aliphatic heterocycles. The van der Waals surface area contributed by atoms with E-state index in [1.165, 1.54) is 24.3 Å². The Labute approximate surface area is 174 Å². The van der Waals surface area contributed by atoms with Crippen LogP contribution < -0.4 is 20.3 Å². The molecule has 7 nitrogen and oxygen atoms in total. The van der Waals surface area contributed by atoms with Crippen molar-refractivity contribution in [2.24, 2.45) is 0 Å². The number of carbonyl (C=O) groups is 1. The molecule has 0 spiro atoms. The summed E-state index contributed by atoms with van der Waals surface area (Å²) >= 11 is 0. The average molecular weight is 431 g/mol. The molecule has 160 valence electrons. The molecule has 3 aromatic rings.